The van der Waals surface area contributed by atoms with Crippen molar-refractivity contribution in [2.24, 2.45) is 14.1 Å². The van der Waals surface area contributed by atoms with E-state index in [1.54, 1.807) is 18.5 Å². The molecule has 0 spiro atoms. The number of terminal acetylenes is 1. The van der Waals surface area contributed by atoms with E-state index in [9.17, 15) is 14.4 Å². The highest BCUT2D eigenvalue weighted by atomic mass is 32.2. The molecule has 0 saturated carbocycles. The minimum absolute atomic E-state index is 0.106. The number of rotatable bonds is 6. The van der Waals surface area contributed by atoms with E-state index in [-0.39, 0.29) is 11.7 Å². The molecule has 2 aromatic heterocycles. The van der Waals surface area contributed by atoms with Crippen LogP contribution < -0.4 is 16.6 Å². The van der Waals surface area contributed by atoms with Crippen LogP contribution in [0.2, 0.25) is 0 Å². The summed E-state index contributed by atoms with van der Waals surface area (Å²) < 4.78 is 4.10. The smallest absolute Gasteiger partial charge is 0.332 e. The average molecular weight is 377 g/mol. The lowest BCUT2D eigenvalue weighted by molar-refractivity contribution is -0.119. The zero-order valence-corrected chi connectivity index (χ0v) is 16.4. The van der Waals surface area contributed by atoms with Gasteiger partial charge in [-0.05, 0) is 20.3 Å². The van der Waals surface area contributed by atoms with Crippen molar-refractivity contribution in [2.75, 3.05) is 5.75 Å². The molecule has 0 bridgehead atoms. The summed E-state index contributed by atoms with van der Waals surface area (Å²) in [6.45, 7) is 6.06. The molecule has 1 atom stereocenters. The van der Waals surface area contributed by atoms with Crippen LogP contribution in [-0.4, -0.2) is 35.9 Å². The van der Waals surface area contributed by atoms with Gasteiger partial charge in [0, 0.05) is 20.6 Å². The van der Waals surface area contributed by atoms with Crippen LogP contribution in [0, 0.1) is 12.3 Å². The highest BCUT2D eigenvalue weighted by molar-refractivity contribution is 7.99. The summed E-state index contributed by atoms with van der Waals surface area (Å²) in [5.74, 6) is 2.48. The van der Waals surface area contributed by atoms with E-state index in [0.717, 1.165) is 4.57 Å². The summed E-state index contributed by atoms with van der Waals surface area (Å²) in [7, 11) is 3.00. The molecule has 8 nitrogen and oxygen atoms in total. The first kappa shape index (κ1) is 19.8. The van der Waals surface area contributed by atoms with Crippen molar-refractivity contribution in [3.05, 3.63) is 20.8 Å². The lowest BCUT2D eigenvalue weighted by Crippen LogP contribution is -2.45. The third-order valence-electron chi connectivity index (χ3n) is 4.40. The van der Waals surface area contributed by atoms with Gasteiger partial charge >= 0.3 is 5.69 Å². The van der Waals surface area contributed by atoms with Crippen molar-refractivity contribution in [3.63, 3.8) is 0 Å². The summed E-state index contributed by atoms with van der Waals surface area (Å²) in [4.78, 5) is 41.2. The number of nitrogens with zero attached hydrogens (tertiary/aromatic N) is 4. The molecule has 0 aliphatic heterocycles. The molecule has 1 unspecified atom stereocenters. The van der Waals surface area contributed by atoms with Crippen LogP contribution in [0.25, 0.3) is 11.2 Å². The number of amides is 1. The van der Waals surface area contributed by atoms with Crippen LogP contribution in [0.4, 0.5) is 0 Å². The highest BCUT2D eigenvalue weighted by Gasteiger charge is 2.23. The number of aromatic nitrogens is 4. The number of aryl methyl sites for hydroxylation is 2. The minimum atomic E-state index is -0.692. The molecule has 2 aromatic rings. The van der Waals surface area contributed by atoms with Gasteiger partial charge in [-0.3, -0.25) is 18.7 Å². The molecule has 0 radical (unpaired) electrons. The topological polar surface area (TPSA) is 90.9 Å². The van der Waals surface area contributed by atoms with Crippen LogP contribution >= 0.6 is 11.8 Å². The predicted molar refractivity (Wildman–Crippen MR) is 102 cm³/mol. The fraction of sp³-hybridized carbons (Fsp3) is 0.529. The van der Waals surface area contributed by atoms with Crippen molar-refractivity contribution in [2.45, 2.75) is 44.4 Å². The number of nitrogens with one attached hydrogen (secondary N) is 1. The number of carbonyl (C=O) groups is 1. The van der Waals surface area contributed by atoms with Crippen LogP contribution in [-0.2, 0) is 25.4 Å². The maximum absolute atomic E-state index is 12.5. The van der Waals surface area contributed by atoms with Crippen LogP contribution in [0.3, 0.4) is 0 Å². The van der Waals surface area contributed by atoms with E-state index in [1.165, 1.54) is 23.4 Å². The quantitative estimate of drug-likeness (QED) is 0.584. The summed E-state index contributed by atoms with van der Waals surface area (Å²) in [6.07, 6.45) is 6.09. The van der Waals surface area contributed by atoms with E-state index < -0.39 is 16.8 Å². The van der Waals surface area contributed by atoms with Gasteiger partial charge in [0.15, 0.2) is 16.3 Å². The molecular weight excluding hydrogens is 354 g/mol. The van der Waals surface area contributed by atoms with Crippen LogP contribution in [0.5, 0.6) is 0 Å². The summed E-state index contributed by atoms with van der Waals surface area (Å²) in [5, 5.41) is 3.33. The number of hydrogen-bond acceptors (Lipinski definition) is 5. The third-order valence-corrected chi connectivity index (χ3v) is 5.38. The summed E-state index contributed by atoms with van der Waals surface area (Å²) in [6, 6.07) is 0. The van der Waals surface area contributed by atoms with E-state index in [0.29, 0.717) is 29.3 Å². The molecule has 0 fully saturated rings. The third kappa shape index (κ3) is 3.42. The fourth-order valence-electron chi connectivity index (χ4n) is 2.53. The molecule has 0 aliphatic rings. The lowest BCUT2D eigenvalue weighted by atomic mass is 10.0. The molecule has 1 N–H and O–H groups in total. The van der Waals surface area contributed by atoms with Gasteiger partial charge in [-0.15, -0.1) is 6.42 Å². The monoisotopic (exact) mass is 377 g/mol. The number of carbonyl (C=O) groups excluding carboxylic acids is 1. The molecule has 140 valence electrons. The second kappa shape index (κ2) is 7.41. The van der Waals surface area contributed by atoms with Gasteiger partial charge in [0.05, 0.1) is 11.3 Å². The van der Waals surface area contributed by atoms with Crippen LogP contribution in [0.1, 0.15) is 27.2 Å². The Morgan fingerprint density at radius 2 is 1.96 bits per heavy atom. The van der Waals surface area contributed by atoms with E-state index >= 15 is 0 Å². The first-order valence-corrected chi connectivity index (χ1v) is 9.25. The second-order valence-corrected chi connectivity index (χ2v) is 7.13. The molecule has 0 aromatic carbocycles. The maximum atomic E-state index is 12.5. The molecule has 0 saturated heterocycles. The van der Waals surface area contributed by atoms with Crippen LogP contribution in [0.15, 0.2) is 14.7 Å². The van der Waals surface area contributed by atoms with Crippen molar-refractivity contribution >= 4 is 28.8 Å². The zero-order chi connectivity index (χ0) is 19.6. The molecular formula is C17H23N5O3S. The van der Waals surface area contributed by atoms with Crippen molar-refractivity contribution in [1.82, 2.24) is 24.0 Å². The Hall–Kier alpha value is -2.47. The normalized spacial score (nSPS) is 13.4. The average Bonchev–Trinajstić information content (AvgIpc) is 3.01. The SMILES string of the molecule is C#CC(C)(CC)NC(=O)CSc1nc2c(c(=O)n(C)c(=O)n2C)n1CC. The minimum Gasteiger partial charge on any atom is -0.339 e. The highest BCUT2D eigenvalue weighted by Crippen LogP contribution is 2.21. The van der Waals surface area contributed by atoms with Crippen molar-refractivity contribution in [3.8, 4) is 12.3 Å². The number of thioether (sulfide) groups is 1. The molecule has 1 amide bonds. The first-order chi connectivity index (χ1) is 12.2. The lowest BCUT2D eigenvalue weighted by Gasteiger charge is -2.23. The number of hydrogen-bond donors (Lipinski definition) is 1. The Morgan fingerprint density at radius 3 is 2.50 bits per heavy atom. The summed E-state index contributed by atoms with van der Waals surface area (Å²) in [5.41, 5.74) is -0.876. The molecule has 2 heterocycles. The van der Waals surface area contributed by atoms with Gasteiger partial charge in [-0.1, -0.05) is 24.6 Å². The zero-order valence-electron chi connectivity index (χ0n) is 15.6. The standard InChI is InChI=1S/C17H23N5O3S/c1-7-17(4,8-2)19-11(23)10-26-15-18-13-12(22(15)9-3)14(24)21(6)16(25)20(13)5/h1H,8-10H2,2-6H3,(H,19,23). The Balaban J connectivity index is 2.37. The van der Waals surface area contributed by atoms with Crippen molar-refractivity contribution in [1.29, 1.82) is 0 Å². The van der Waals surface area contributed by atoms with E-state index in [4.69, 9.17) is 6.42 Å². The van der Waals surface area contributed by atoms with Gasteiger partial charge in [0.2, 0.25) is 5.91 Å². The molecule has 2 rings (SSSR count). The number of imidazole rings is 1. The van der Waals surface area contributed by atoms with E-state index in [1.807, 2.05) is 13.8 Å². The van der Waals surface area contributed by atoms with Gasteiger partial charge < -0.3 is 9.88 Å². The molecule has 26 heavy (non-hydrogen) atoms. The van der Waals surface area contributed by atoms with E-state index in [2.05, 4.69) is 16.2 Å². The summed E-state index contributed by atoms with van der Waals surface area (Å²) >= 11 is 1.20. The molecule has 0 aliphatic carbocycles. The van der Waals surface area contributed by atoms with Crippen molar-refractivity contribution < 1.29 is 4.79 Å². The first-order valence-electron chi connectivity index (χ1n) is 8.26. The number of fused-ring (bicyclic) bond motifs is 1. The Kier molecular flexibility index (Phi) is 5.66. The predicted octanol–water partition coefficient (Wildman–Crippen LogP) is 0.464. The van der Waals surface area contributed by atoms with Gasteiger partial charge in [0.25, 0.3) is 5.56 Å². The Bertz CT molecular complexity index is 1010. The van der Waals surface area contributed by atoms with Gasteiger partial charge in [-0.2, -0.15) is 0 Å². The Morgan fingerprint density at radius 1 is 1.31 bits per heavy atom. The second-order valence-electron chi connectivity index (χ2n) is 6.18. The largest absolute Gasteiger partial charge is 0.339 e. The van der Waals surface area contributed by atoms with Gasteiger partial charge in [0.1, 0.15) is 0 Å². The fourth-order valence-corrected chi connectivity index (χ4v) is 3.39. The van der Waals surface area contributed by atoms with Gasteiger partial charge in [-0.25, -0.2) is 9.78 Å². The maximum Gasteiger partial charge on any atom is 0.332 e. The molecule has 9 heteroatoms. The Labute approximate surface area is 155 Å².